The highest BCUT2D eigenvalue weighted by atomic mass is 79.9. The highest BCUT2D eigenvalue weighted by Gasteiger charge is 2.30. The number of carboxylic acids is 2. The molecule has 0 bridgehead atoms. The molecule has 0 amide bonds. The number of benzene rings is 1. The molecule has 6 nitrogen and oxygen atoms in total. The van der Waals surface area contributed by atoms with Crippen molar-refractivity contribution in [3.8, 4) is 5.75 Å². The summed E-state index contributed by atoms with van der Waals surface area (Å²) in [5.41, 5.74) is 0.159. The highest BCUT2D eigenvalue weighted by Crippen LogP contribution is 2.28. The van der Waals surface area contributed by atoms with Crippen molar-refractivity contribution in [2.24, 2.45) is 0 Å². The Hall–Kier alpha value is -1.60. The molecule has 1 aliphatic heterocycles. The Morgan fingerprint density at radius 2 is 2.11 bits per heavy atom. The van der Waals surface area contributed by atoms with Crippen LogP contribution in [0.4, 0.5) is 0 Å². The Morgan fingerprint density at radius 1 is 1.37 bits per heavy atom. The van der Waals surface area contributed by atoms with Crippen LogP contribution in [-0.4, -0.2) is 40.8 Å². The molecule has 7 heteroatoms. The molecule has 3 N–H and O–H groups in total. The molecule has 0 aromatic heterocycles. The second-order valence-corrected chi connectivity index (χ2v) is 5.08. The Balaban J connectivity index is 2.04. The molecule has 1 heterocycles. The van der Waals surface area contributed by atoms with E-state index in [-0.39, 0.29) is 11.7 Å². The SMILES string of the molecule is O=C(O)c1ccc(O[C@@H]2CN[C@H](C(=O)O)C2)c(Br)c1. The summed E-state index contributed by atoms with van der Waals surface area (Å²) in [7, 11) is 0. The maximum atomic E-state index is 10.8. The van der Waals surface area contributed by atoms with E-state index in [1.165, 1.54) is 12.1 Å². The van der Waals surface area contributed by atoms with Crippen molar-refractivity contribution < 1.29 is 24.5 Å². The fraction of sp³-hybridized carbons (Fsp3) is 0.333. The van der Waals surface area contributed by atoms with Crippen molar-refractivity contribution >= 4 is 27.9 Å². The maximum absolute atomic E-state index is 10.8. The highest BCUT2D eigenvalue weighted by molar-refractivity contribution is 9.10. The summed E-state index contributed by atoms with van der Waals surface area (Å²) in [6, 6.07) is 3.86. The van der Waals surface area contributed by atoms with Crippen LogP contribution in [0, 0.1) is 0 Å². The largest absolute Gasteiger partial charge is 0.488 e. The first-order chi connectivity index (χ1) is 8.97. The third-order valence-corrected chi connectivity index (χ3v) is 3.48. The van der Waals surface area contributed by atoms with E-state index in [0.717, 1.165) is 0 Å². The average Bonchev–Trinajstić information content (AvgIpc) is 2.80. The molecule has 0 spiro atoms. The summed E-state index contributed by atoms with van der Waals surface area (Å²) in [5.74, 6) is -1.41. The number of carboxylic acid groups (broad SMARTS) is 2. The first-order valence-electron chi connectivity index (χ1n) is 5.63. The Kier molecular flexibility index (Phi) is 4.06. The van der Waals surface area contributed by atoms with E-state index >= 15 is 0 Å². The number of rotatable bonds is 4. The quantitative estimate of drug-likeness (QED) is 0.771. The van der Waals surface area contributed by atoms with Gasteiger partial charge in [-0.25, -0.2) is 4.79 Å². The van der Waals surface area contributed by atoms with Gasteiger partial charge in [0.2, 0.25) is 0 Å². The third-order valence-electron chi connectivity index (χ3n) is 2.86. The van der Waals surface area contributed by atoms with Crippen molar-refractivity contribution in [2.75, 3.05) is 6.54 Å². The lowest BCUT2D eigenvalue weighted by molar-refractivity contribution is -0.139. The zero-order valence-electron chi connectivity index (χ0n) is 9.80. The summed E-state index contributed by atoms with van der Waals surface area (Å²) in [6.45, 7) is 0.449. The normalized spacial score (nSPS) is 22.2. The van der Waals surface area contributed by atoms with Gasteiger partial charge in [0.15, 0.2) is 0 Å². The number of nitrogens with one attached hydrogen (secondary N) is 1. The standard InChI is InChI=1S/C12H12BrNO5/c13-8-3-6(11(15)16)1-2-10(8)19-7-4-9(12(17)18)14-5-7/h1-3,7,9,14H,4-5H2,(H,15,16)(H,17,18)/t7-,9-/m0/s1. The lowest BCUT2D eigenvalue weighted by Gasteiger charge is -2.14. The number of aliphatic carboxylic acids is 1. The Labute approximate surface area is 117 Å². The molecule has 2 rings (SSSR count). The predicted octanol–water partition coefficient (Wildman–Crippen LogP) is 1.34. The predicted molar refractivity (Wildman–Crippen MR) is 69.6 cm³/mol. The van der Waals surface area contributed by atoms with Gasteiger partial charge in [-0.15, -0.1) is 0 Å². The van der Waals surface area contributed by atoms with Crippen molar-refractivity contribution in [1.82, 2.24) is 5.32 Å². The molecule has 102 valence electrons. The number of halogens is 1. The minimum Gasteiger partial charge on any atom is -0.488 e. The molecule has 1 fully saturated rings. The number of ether oxygens (including phenoxy) is 1. The van der Waals surface area contributed by atoms with Crippen LogP contribution in [0.2, 0.25) is 0 Å². The van der Waals surface area contributed by atoms with E-state index in [4.69, 9.17) is 14.9 Å². The summed E-state index contributed by atoms with van der Waals surface area (Å²) < 4.78 is 6.19. The van der Waals surface area contributed by atoms with Crippen LogP contribution in [0.3, 0.4) is 0 Å². The number of aromatic carboxylic acids is 1. The van der Waals surface area contributed by atoms with E-state index in [0.29, 0.717) is 23.2 Å². The van der Waals surface area contributed by atoms with E-state index in [1.807, 2.05) is 0 Å². The lowest BCUT2D eigenvalue weighted by Crippen LogP contribution is -2.30. The first kappa shape index (κ1) is 13.8. The van der Waals surface area contributed by atoms with Gasteiger partial charge in [0, 0.05) is 13.0 Å². The molecule has 1 aliphatic rings. The third kappa shape index (κ3) is 3.24. The van der Waals surface area contributed by atoms with Gasteiger partial charge < -0.3 is 20.3 Å². The van der Waals surface area contributed by atoms with Crippen molar-refractivity contribution in [2.45, 2.75) is 18.6 Å². The van der Waals surface area contributed by atoms with Gasteiger partial charge in [0.25, 0.3) is 0 Å². The smallest absolute Gasteiger partial charge is 0.335 e. The van der Waals surface area contributed by atoms with Crippen LogP contribution < -0.4 is 10.1 Å². The van der Waals surface area contributed by atoms with Gasteiger partial charge in [0.1, 0.15) is 17.9 Å². The lowest BCUT2D eigenvalue weighted by atomic mass is 10.2. The van der Waals surface area contributed by atoms with Crippen molar-refractivity contribution in [1.29, 1.82) is 0 Å². The van der Waals surface area contributed by atoms with Gasteiger partial charge in [-0.1, -0.05) is 0 Å². The fourth-order valence-electron chi connectivity index (χ4n) is 1.89. The molecule has 1 aromatic carbocycles. The van der Waals surface area contributed by atoms with Gasteiger partial charge in [-0.05, 0) is 34.1 Å². The van der Waals surface area contributed by atoms with Crippen LogP contribution in [0.15, 0.2) is 22.7 Å². The monoisotopic (exact) mass is 329 g/mol. The molecule has 0 radical (unpaired) electrons. The van der Waals surface area contributed by atoms with Gasteiger partial charge in [0.05, 0.1) is 10.0 Å². The molecule has 1 saturated heterocycles. The number of hydrogen-bond acceptors (Lipinski definition) is 4. The molecule has 2 atom stereocenters. The fourth-order valence-corrected chi connectivity index (χ4v) is 2.36. The number of hydrogen-bond donors (Lipinski definition) is 3. The van der Waals surface area contributed by atoms with Gasteiger partial charge in [-0.2, -0.15) is 0 Å². The van der Waals surface area contributed by atoms with Gasteiger partial charge in [-0.3, -0.25) is 4.79 Å². The average molecular weight is 330 g/mol. The molecule has 1 aromatic rings. The van der Waals surface area contributed by atoms with Gasteiger partial charge >= 0.3 is 11.9 Å². The molecular formula is C12H12BrNO5. The van der Waals surface area contributed by atoms with E-state index < -0.39 is 18.0 Å². The Bertz CT molecular complexity index is 519. The van der Waals surface area contributed by atoms with E-state index in [9.17, 15) is 9.59 Å². The summed E-state index contributed by atoms with van der Waals surface area (Å²) >= 11 is 3.24. The molecule has 0 saturated carbocycles. The second-order valence-electron chi connectivity index (χ2n) is 4.22. The zero-order valence-corrected chi connectivity index (χ0v) is 11.4. The van der Waals surface area contributed by atoms with E-state index in [1.54, 1.807) is 6.07 Å². The van der Waals surface area contributed by atoms with E-state index in [2.05, 4.69) is 21.2 Å². The minimum atomic E-state index is -1.01. The van der Waals surface area contributed by atoms with Crippen LogP contribution >= 0.6 is 15.9 Å². The summed E-state index contributed by atoms with van der Waals surface area (Å²) in [6.07, 6.45) is 0.135. The van der Waals surface area contributed by atoms with Crippen molar-refractivity contribution in [3.63, 3.8) is 0 Å². The number of carbonyl (C=O) groups is 2. The van der Waals surface area contributed by atoms with Crippen LogP contribution in [0.5, 0.6) is 5.75 Å². The molecule has 0 unspecified atom stereocenters. The minimum absolute atomic E-state index is 0.159. The summed E-state index contributed by atoms with van der Waals surface area (Å²) in [4.78, 5) is 21.6. The molecule has 0 aliphatic carbocycles. The molecular weight excluding hydrogens is 318 g/mol. The summed E-state index contributed by atoms with van der Waals surface area (Å²) in [5, 5.41) is 20.5. The topological polar surface area (TPSA) is 95.9 Å². The zero-order chi connectivity index (χ0) is 14.0. The molecule has 19 heavy (non-hydrogen) atoms. The van der Waals surface area contributed by atoms with Crippen LogP contribution in [-0.2, 0) is 4.79 Å². The Morgan fingerprint density at radius 3 is 2.63 bits per heavy atom. The van der Waals surface area contributed by atoms with Crippen LogP contribution in [0.1, 0.15) is 16.8 Å². The van der Waals surface area contributed by atoms with Crippen molar-refractivity contribution in [3.05, 3.63) is 28.2 Å². The maximum Gasteiger partial charge on any atom is 0.335 e. The van der Waals surface area contributed by atoms with Crippen LogP contribution in [0.25, 0.3) is 0 Å². The first-order valence-corrected chi connectivity index (χ1v) is 6.42. The second kappa shape index (κ2) is 5.58.